The maximum Gasteiger partial charge on any atom is 0.0392 e. The Labute approximate surface area is 65.7 Å². The van der Waals surface area contributed by atoms with Gasteiger partial charge in [0.15, 0.2) is 0 Å². The molecular formula is C9H14Si. The Balaban J connectivity index is 3.34. The van der Waals surface area contributed by atoms with Crippen LogP contribution in [-0.2, 0) is 0 Å². The summed E-state index contributed by atoms with van der Waals surface area (Å²) in [5.41, 5.74) is 4.37. The molecule has 0 unspecified atom stereocenters. The van der Waals surface area contributed by atoms with E-state index in [0.29, 0.717) is 0 Å². The average Bonchev–Trinajstić information content (AvgIpc) is 1.93. The molecule has 0 N–H and O–H groups in total. The molecule has 0 amide bonds. The first-order valence-corrected chi connectivity index (χ1v) is 4.66. The fourth-order valence-electron chi connectivity index (χ4n) is 1.09. The molecule has 1 aromatic rings. The van der Waals surface area contributed by atoms with Crippen LogP contribution in [0, 0.1) is 20.8 Å². The van der Waals surface area contributed by atoms with Crippen molar-refractivity contribution in [2.75, 3.05) is 0 Å². The van der Waals surface area contributed by atoms with Gasteiger partial charge in [-0.05, 0) is 31.9 Å². The topological polar surface area (TPSA) is 0 Å². The molecule has 0 nitrogen and oxygen atoms in total. The van der Waals surface area contributed by atoms with Gasteiger partial charge >= 0.3 is 0 Å². The minimum Gasteiger partial charge on any atom is -0.0648 e. The molecular weight excluding hydrogens is 136 g/mol. The van der Waals surface area contributed by atoms with Crippen molar-refractivity contribution in [3.05, 3.63) is 28.8 Å². The maximum absolute atomic E-state index is 2.21. The standard InChI is InChI=1S/C9H14Si/c1-6-4-5-7(2)9(10)8(6)3/h4-5H,1-3,10H3. The van der Waals surface area contributed by atoms with Crippen molar-refractivity contribution in [3.8, 4) is 0 Å². The van der Waals surface area contributed by atoms with Crippen LogP contribution >= 0.6 is 0 Å². The Morgan fingerprint density at radius 3 is 2.00 bits per heavy atom. The van der Waals surface area contributed by atoms with Gasteiger partial charge in [-0.25, -0.2) is 0 Å². The molecule has 1 rings (SSSR count). The average molecular weight is 150 g/mol. The Morgan fingerprint density at radius 1 is 1.00 bits per heavy atom. The SMILES string of the molecule is Cc1ccc(C)c([SiH3])c1C. The van der Waals surface area contributed by atoms with E-state index in [-0.39, 0.29) is 0 Å². The first-order chi connectivity index (χ1) is 4.63. The maximum atomic E-state index is 2.21. The highest BCUT2D eigenvalue weighted by Crippen LogP contribution is 2.04. The molecule has 10 heavy (non-hydrogen) atoms. The van der Waals surface area contributed by atoms with Crippen LogP contribution in [0.25, 0.3) is 0 Å². The minimum absolute atomic E-state index is 1.18. The van der Waals surface area contributed by atoms with E-state index in [1.165, 1.54) is 26.9 Å². The third-order valence-electron chi connectivity index (χ3n) is 2.33. The smallest absolute Gasteiger partial charge is 0.0392 e. The molecule has 0 fully saturated rings. The highest BCUT2D eigenvalue weighted by atomic mass is 28.1. The molecule has 1 heteroatoms. The lowest BCUT2D eigenvalue weighted by Crippen LogP contribution is -2.12. The van der Waals surface area contributed by atoms with E-state index in [1.54, 1.807) is 5.19 Å². The summed E-state index contributed by atoms with van der Waals surface area (Å²) in [6, 6.07) is 4.41. The second kappa shape index (κ2) is 2.58. The molecule has 0 aliphatic carbocycles. The number of benzene rings is 1. The van der Waals surface area contributed by atoms with Crippen molar-refractivity contribution in [2.45, 2.75) is 20.8 Å². The summed E-state index contributed by atoms with van der Waals surface area (Å²) >= 11 is 0. The van der Waals surface area contributed by atoms with E-state index < -0.39 is 0 Å². The lowest BCUT2D eigenvalue weighted by Gasteiger charge is -2.06. The van der Waals surface area contributed by atoms with Crippen molar-refractivity contribution in [1.29, 1.82) is 0 Å². The Kier molecular flexibility index (Phi) is 1.95. The van der Waals surface area contributed by atoms with Crippen LogP contribution in [0.2, 0.25) is 0 Å². The van der Waals surface area contributed by atoms with Crippen molar-refractivity contribution in [3.63, 3.8) is 0 Å². The molecule has 54 valence electrons. The minimum atomic E-state index is 1.18. The van der Waals surface area contributed by atoms with E-state index in [2.05, 4.69) is 32.9 Å². The van der Waals surface area contributed by atoms with Crippen LogP contribution in [-0.4, -0.2) is 10.2 Å². The molecule has 0 aliphatic rings. The van der Waals surface area contributed by atoms with Gasteiger partial charge in [0.1, 0.15) is 0 Å². The molecule has 0 radical (unpaired) electrons. The molecule has 0 heterocycles. The summed E-state index contributed by atoms with van der Waals surface area (Å²) in [6.07, 6.45) is 0. The zero-order valence-corrected chi connectivity index (χ0v) is 9.15. The van der Waals surface area contributed by atoms with Crippen molar-refractivity contribution < 1.29 is 0 Å². The first kappa shape index (κ1) is 7.54. The summed E-state index contributed by atoms with van der Waals surface area (Å²) in [7, 11) is 1.18. The van der Waals surface area contributed by atoms with Gasteiger partial charge < -0.3 is 0 Å². The predicted octanol–water partition coefficient (Wildman–Crippen LogP) is 0.603. The second-order valence-electron chi connectivity index (χ2n) is 2.95. The second-order valence-corrected chi connectivity index (χ2v) is 3.95. The molecule has 0 saturated heterocycles. The summed E-state index contributed by atoms with van der Waals surface area (Å²) in [5.74, 6) is 0. The Bertz CT molecular complexity index is 224. The predicted molar refractivity (Wildman–Crippen MR) is 50.2 cm³/mol. The van der Waals surface area contributed by atoms with Crippen molar-refractivity contribution >= 4 is 15.4 Å². The van der Waals surface area contributed by atoms with Crippen LogP contribution in [0.1, 0.15) is 16.7 Å². The molecule has 0 saturated carbocycles. The highest BCUT2D eigenvalue weighted by molar-refractivity contribution is 6.34. The van der Waals surface area contributed by atoms with Crippen molar-refractivity contribution in [1.82, 2.24) is 0 Å². The summed E-state index contributed by atoms with van der Waals surface area (Å²) < 4.78 is 0. The molecule has 0 aromatic heterocycles. The zero-order chi connectivity index (χ0) is 7.72. The van der Waals surface area contributed by atoms with Gasteiger partial charge in [-0.15, -0.1) is 0 Å². The summed E-state index contributed by atoms with van der Waals surface area (Å²) in [5, 5.41) is 1.57. The normalized spacial score (nSPS) is 10.3. The van der Waals surface area contributed by atoms with Crippen LogP contribution in [0.3, 0.4) is 0 Å². The van der Waals surface area contributed by atoms with Crippen LogP contribution < -0.4 is 5.19 Å². The fraction of sp³-hybridized carbons (Fsp3) is 0.333. The van der Waals surface area contributed by atoms with Crippen molar-refractivity contribution in [2.24, 2.45) is 0 Å². The third kappa shape index (κ3) is 1.14. The summed E-state index contributed by atoms with van der Waals surface area (Å²) in [4.78, 5) is 0. The van der Waals surface area contributed by atoms with Gasteiger partial charge in [-0.2, -0.15) is 0 Å². The third-order valence-corrected chi connectivity index (χ3v) is 3.87. The number of hydrogen-bond acceptors (Lipinski definition) is 0. The van der Waals surface area contributed by atoms with Crippen LogP contribution in [0.4, 0.5) is 0 Å². The van der Waals surface area contributed by atoms with Gasteiger partial charge in [-0.1, -0.05) is 22.9 Å². The molecule has 1 aromatic carbocycles. The fourth-order valence-corrected chi connectivity index (χ4v) is 1.65. The quantitative estimate of drug-likeness (QED) is 0.475. The summed E-state index contributed by atoms with van der Waals surface area (Å²) in [6.45, 7) is 6.58. The van der Waals surface area contributed by atoms with E-state index in [4.69, 9.17) is 0 Å². The monoisotopic (exact) mass is 150 g/mol. The zero-order valence-electron chi connectivity index (χ0n) is 7.15. The lowest BCUT2D eigenvalue weighted by atomic mass is 10.1. The van der Waals surface area contributed by atoms with E-state index in [9.17, 15) is 0 Å². The highest BCUT2D eigenvalue weighted by Gasteiger charge is 1.97. The molecule has 0 atom stereocenters. The van der Waals surface area contributed by atoms with Gasteiger partial charge in [0.05, 0.1) is 0 Å². The van der Waals surface area contributed by atoms with Crippen LogP contribution in [0.15, 0.2) is 12.1 Å². The van der Waals surface area contributed by atoms with E-state index in [1.807, 2.05) is 0 Å². The van der Waals surface area contributed by atoms with Gasteiger partial charge in [0.2, 0.25) is 0 Å². The number of rotatable bonds is 0. The van der Waals surface area contributed by atoms with Crippen LogP contribution in [0.5, 0.6) is 0 Å². The Morgan fingerprint density at radius 2 is 1.50 bits per heavy atom. The van der Waals surface area contributed by atoms with E-state index in [0.717, 1.165) is 0 Å². The molecule has 0 aliphatic heterocycles. The number of hydrogen-bond donors (Lipinski definition) is 0. The van der Waals surface area contributed by atoms with Gasteiger partial charge in [0.25, 0.3) is 0 Å². The largest absolute Gasteiger partial charge is 0.0648 e. The molecule has 0 bridgehead atoms. The van der Waals surface area contributed by atoms with Gasteiger partial charge in [-0.3, -0.25) is 0 Å². The lowest BCUT2D eigenvalue weighted by molar-refractivity contribution is 1.33. The van der Waals surface area contributed by atoms with Gasteiger partial charge in [0, 0.05) is 10.2 Å². The molecule has 0 spiro atoms. The number of aryl methyl sites for hydroxylation is 2. The van der Waals surface area contributed by atoms with E-state index >= 15 is 0 Å². The first-order valence-electron chi connectivity index (χ1n) is 3.66. The Hall–Kier alpha value is -0.563.